The highest BCUT2D eigenvalue weighted by atomic mass is 16.5. The molecule has 1 atom stereocenters. The lowest BCUT2D eigenvalue weighted by atomic mass is 10.2. The van der Waals surface area contributed by atoms with Crippen molar-refractivity contribution in [2.24, 2.45) is 0 Å². The van der Waals surface area contributed by atoms with E-state index in [9.17, 15) is 9.59 Å². The molecule has 0 radical (unpaired) electrons. The van der Waals surface area contributed by atoms with Crippen LogP contribution in [-0.4, -0.2) is 41.3 Å². The van der Waals surface area contributed by atoms with Gasteiger partial charge in [0.15, 0.2) is 6.10 Å². The molecule has 0 saturated heterocycles. The highest BCUT2D eigenvalue weighted by Crippen LogP contribution is 2.12. The van der Waals surface area contributed by atoms with Crippen LogP contribution in [0.3, 0.4) is 0 Å². The Morgan fingerprint density at radius 1 is 1.35 bits per heavy atom. The first-order valence-electron chi connectivity index (χ1n) is 6.07. The number of amides is 1. The highest BCUT2D eigenvalue weighted by molar-refractivity contribution is 5.94. The number of carboxylic acid groups (broad SMARTS) is 1. The highest BCUT2D eigenvalue weighted by Gasteiger charge is 2.13. The summed E-state index contributed by atoms with van der Waals surface area (Å²) in [5.74, 6) is -1.01. The number of nitrogens with one attached hydrogen (secondary N) is 1. The number of rotatable bonds is 8. The van der Waals surface area contributed by atoms with E-state index in [-0.39, 0.29) is 18.9 Å². The van der Waals surface area contributed by atoms with Crippen molar-refractivity contribution in [2.45, 2.75) is 12.5 Å². The van der Waals surface area contributed by atoms with Gasteiger partial charge in [0.1, 0.15) is 12.4 Å². The van der Waals surface area contributed by atoms with Crippen molar-refractivity contribution in [1.29, 1.82) is 0 Å². The second kappa shape index (κ2) is 7.96. The number of ether oxygens (including phenoxy) is 1. The molecular weight excluding hydrogens is 262 g/mol. The number of aliphatic carboxylic acids is 1. The summed E-state index contributed by atoms with van der Waals surface area (Å²) in [5.41, 5.74) is 0.431. The average molecular weight is 279 g/mol. The third-order valence-electron chi connectivity index (χ3n) is 2.47. The third-order valence-corrected chi connectivity index (χ3v) is 2.47. The molecule has 0 bridgehead atoms. The number of carbonyl (C=O) groups is 2. The lowest BCUT2D eigenvalue weighted by Gasteiger charge is -2.08. The van der Waals surface area contributed by atoms with Gasteiger partial charge in [-0.2, -0.15) is 0 Å². The predicted octanol–water partition coefficient (Wildman–Crippen LogP) is 0.817. The van der Waals surface area contributed by atoms with E-state index in [0.29, 0.717) is 17.9 Å². The molecule has 108 valence electrons. The van der Waals surface area contributed by atoms with Gasteiger partial charge in [0.2, 0.25) is 0 Å². The van der Waals surface area contributed by atoms with Crippen LogP contribution in [0, 0.1) is 0 Å². The Morgan fingerprint density at radius 3 is 2.55 bits per heavy atom. The fourth-order valence-electron chi connectivity index (χ4n) is 1.41. The van der Waals surface area contributed by atoms with Crippen LogP contribution in [0.2, 0.25) is 0 Å². The van der Waals surface area contributed by atoms with Gasteiger partial charge >= 0.3 is 5.97 Å². The summed E-state index contributed by atoms with van der Waals surface area (Å²) in [6.07, 6.45) is 0.112. The summed E-state index contributed by atoms with van der Waals surface area (Å²) >= 11 is 0. The van der Waals surface area contributed by atoms with Gasteiger partial charge in [-0.1, -0.05) is 12.7 Å². The number of carbonyl (C=O) groups excluding carboxylic acids is 1. The van der Waals surface area contributed by atoms with E-state index in [2.05, 4.69) is 11.9 Å². The molecule has 0 unspecified atom stereocenters. The van der Waals surface area contributed by atoms with Crippen LogP contribution >= 0.6 is 0 Å². The van der Waals surface area contributed by atoms with Gasteiger partial charge in [-0.15, -0.1) is 0 Å². The Bertz CT molecular complexity index is 469. The number of aliphatic hydroxyl groups is 1. The van der Waals surface area contributed by atoms with Crippen LogP contribution in [0.5, 0.6) is 5.75 Å². The summed E-state index contributed by atoms with van der Waals surface area (Å²) in [5, 5.41) is 20.1. The predicted molar refractivity (Wildman–Crippen MR) is 72.7 cm³/mol. The first kappa shape index (κ1) is 15.7. The molecule has 20 heavy (non-hydrogen) atoms. The zero-order valence-electron chi connectivity index (χ0n) is 10.9. The second-order valence-corrected chi connectivity index (χ2v) is 4.02. The van der Waals surface area contributed by atoms with Crippen molar-refractivity contribution in [1.82, 2.24) is 5.32 Å². The van der Waals surface area contributed by atoms with E-state index >= 15 is 0 Å². The Morgan fingerprint density at radius 2 is 2.00 bits per heavy atom. The SMILES string of the molecule is C=CCOc1ccc(C(=O)NCC[C@H](O)C(=O)O)cc1. The van der Waals surface area contributed by atoms with Gasteiger partial charge in [0.25, 0.3) is 5.91 Å². The summed E-state index contributed by atoms with van der Waals surface area (Å²) in [7, 11) is 0. The van der Waals surface area contributed by atoms with Crippen molar-refractivity contribution in [2.75, 3.05) is 13.2 Å². The lowest BCUT2D eigenvalue weighted by Crippen LogP contribution is -2.30. The summed E-state index contributed by atoms with van der Waals surface area (Å²) in [4.78, 5) is 22.1. The normalized spacial score (nSPS) is 11.4. The third kappa shape index (κ3) is 5.11. The molecule has 0 aromatic heterocycles. The zero-order chi connectivity index (χ0) is 15.0. The van der Waals surface area contributed by atoms with Crippen molar-refractivity contribution < 1.29 is 24.5 Å². The Hall–Kier alpha value is -2.34. The largest absolute Gasteiger partial charge is 0.490 e. The Balaban J connectivity index is 2.43. The van der Waals surface area contributed by atoms with Gasteiger partial charge in [0.05, 0.1) is 0 Å². The van der Waals surface area contributed by atoms with Gasteiger partial charge < -0.3 is 20.3 Å². The van der Waals surface area contributed by atoms with Crippen LogP contribution < -0.4 is 10.1 Å². The van der Waals surface area contributed by atoms with Crippen LogP contribution in [0.4, 0.5) is 0 Å². The molecule has 1 aromatic carbocycles. The lowest BCUT2D eigenvalue weighted by molar-refractivity contribution is -0.146. The molecule has 1 amide bonds. The first-order chi connectivity index (χ1) is 9.54. The Kier molecular flexibility index (Phi) is 6.25. The molecule has 0 saturated carbocycles. The molecule has 3 N–H and O–H groups in total. The monoisotopic (exact) mass is 279 g/mol. The van der Waals surface area contributed by atoms with E-state index < -0.39 is 12.1 Å². The molecule has 6 heteroatoms. The second-order valence-electron chi connectivity index (χ2n) is 4.02. The van der Waals surface area contributed by atoms with Crippen molar-refractivity contribution in [3.05, 3.63) is 42.5 Å². The maximum absolute atomic E-state index is 11.7. The number of carboxylic acids is 1. The van der Waals surface area contributed by atoms with Crippen LogP contribution in [0.15, 0.2) is 36.9 Å². The molecule has 1 aromatic rings. The minimum absolute atomic E-state index is 0.0401. The fourth-order valence-corrected chi connectivity index (χ4v) is 1.41. The van der Waals surface area contributed by atoms with E-state index in [1.54, 1.807) is 30.3 Å². The summed E-state index contributed by atoms with van der Waals surface area (Å²) in [6.45, 7) is 4.00. The topological polar surface area (TPSA) is 95.9 Å². The van der Waals surface area contributed by atoms with Gasteiger partial charge in [-0.3, -0.25) is 4.79 Å². The van der Waals surface area contributed by atoms with Crippen molar-refractivity contribution in [3.8, 4) is 5.75 Å². The quantitative estimate of drug-likeness (QED) is 0.612. The zero-order valence-corrected chi connectivity index (χ0v) is 10.9. The maximum Gasteiger partial charge on any atom is 0.332 e. The Labute approximate surface area is 116 Å². The summed E-state index contributed by atoms with van der Waals surface area (Å²) < 4.78 is 5.28. The number of hydrogen-bond acceptors (Lipinski definition) is 4. The minimum Gasteiger partial charge on any atom is -0.490 e. The first-order valence-corrected chi connectivity index (χ1v) is 6.07. The van der Waals surface area contributed by atoms with Gasteiger partial charge in [0, 0.05) is 18.5 Å². The fraction of sp³-hybridized carbons (Fsp3) is 0.286. The molecular formula is C14H17NO5. The van der Waals surface area contributed by atoms with E-state index in [1.165, 1.54) is 0 Å². The van der Waals surface area contributed by atoms with Crippen molar-refractivity contribution >= 4 is 11.9 Å². The average Bonchev–Trinajstić information content (AvgIpc) is 2.45. The summed E-state index contributed by atoms with van der Waals surface area (Å²) in [6, 6.07) is 6.51. The van der Waals surface area contributed by atoms with Crippen molar-refractivity contribution in [3.63, 3.8) is 0 Å². The molecule has 1 rings (SSSR count). The number of hydrogen-bond donors (Lipinski definition) is 3. The molecule has 6 nitrogen and oxygen atoms in total. The van der Waals surface area contributed by atoms with Gasteiger partial charge in [-0.25, -0.2) is 4.79 Å². The van der Waals surface area contributed by atoms with Crippen LogP contribution in [-0.2, 0) is 4.79 Å². The van der Waals surface area contributed by atoms with Crippen LogP contribution in [0.1, 0.15) is 16.8 Å². The molecule has 0 spiro atoms. The van der Waals surface area contributed by atoms with E-state index in [0.717, 1.165) is 0 Å². The minimum atomic E-state index is -1.47. The number of aliphatic hydroxyl groups excluding tert-OH is 1. The van der Waals surface area contributed by atoms with Gasteiger partial charge in [-0.05, 0) is 24.3 Å². The molecule has 0 heterocycles. The molecule has 0 fully saturated rings. The standard InChI is InChI=1S/C14H17NO5/c1-2-9-20-11-5-3-10(4-6-11)13(17)15-8-7-12(16)14(18)19/h2-6,12,16H,1,7-9H2,(H,15,17)(H,18,19)/t12-/m0/s1. The van der Waals surface area contributed by atoms with E-state index in [4.69, 9.17) is 14.9 Å². The number of benzene rings is 1. The van der Waals surface area contributed by atoms with Crippen LogP contribution in [0.25, 0.3) is 0 Å². The molecule has 0 aliphatic heterocycles. The van der Waals surface area contributed by atoms with E-state index in [1.807, 2.05) is 0 Å². The smallest absolute Gasteiger partial charge is 0.332 e. The molecule has 0 aliphatic carbocycles. The maximum atomic E-state index is 11.7. The molecule has 0 aliphatic rings.